The maximum Gasteiger partial charge on any atom is 0.416 e. The van der Waals surface area contributed by atoms with Crippen LogP contribution in [0, 0.1) is 11.8 Å². The van der Waals surface area contributed by atoms with Crippen molar-refractivity contribution in [3.8, 4) is 0 Å². The Morgan fingerprint density at radius 3 is 2.52 bits per heavy atom. The predicted octanol–water partition coefficient (Wildman–Crippen LogP) is 3.52. The van der Waals surface area contributed by atoms with Gasteiger partial charge in [-0.05, 0) is 30.0 Å². The summed E-state index contributed by atoms with van der Waals surface area (Å²) in [6.45, 7) is 4.02. The van der Waals surface area contributed by atoms with Gasteiger partial charge < -0.3 is 15.3 Å². The first-order valence-electron chi connectivity index (χ1n) is 8.05. The van der Waals surface area contributed by atoms with Crippen LogP contribution >= 0.6 is 0 Å². The van der Waals surface area contributed by atoms with Gasteiger partial charge in [0.25, 0.3) is 0 Å². The summed E-state index contributed by atoms with van der Waals surface area (Å²) in [5.74, 6) is -1.68. The van der Waals surface area contributed by atoms with Gasteiger partial charge in [-0.2, -0.15) is 13.2 Å². The molecule has 25 heavy (non-hydrogen) atoms. The van der Waals surface area contributed by atoms with Crippen molar-refractivity contribution in [1.82, 2.24) is 10.2 Å². The molecule has 0 bridgehead atoms. The molecule has 0 aliphatic carbocycles. The first kappa shape index (κ1) is 19.1. The van der Waals surface area contributed by atoms with Crippen molar-refractivity contribution < 1.29 is 27.9 Å². The molecular formula is C17H21F3N2O3. The van der Waals surface area contributed by atoms with Crippen LogP contribution in [0.25, 0.3) is 0 Å². The van der Waals surface area contributed by atoms with Gasteiger partial charge in [0.2, 0.25) is 0 Å². The van der Waals surface area contributed by atoms with E-state index < -0.39 is 35.7 Å². The van der Waals surface area contributed by atoms with Crippen LogP contribution < -0.4 is 5.32 Å². The fourth-order valence-corrected chi connectivity index (χ4v) is 2.91. The van der Waals surface area contributed by atoms with Gasteiger partial charge in [0.1, 0.15) is 0 Å². The summed E-state index contributed by atoms with van der Waals surface area (Å²) in [4.78, 5) is 24.8. The van der Waals surface area contributed by atoms with Crippen molar-refractivity contribution in [3.05, 3.63) is 35.4 Å². The molecule has 1 heterocycles. The zero-order valence-electron chi connectivity index (χ0n) is 14.0. The van der Waals surface area contributed by atoms with Crippen LogP contribution in [-0.2, 0) is 11.0 Å². The van der Waals surface area contributed by atoms with Crippen LogP contribution in [0.5, 0.6) is 0 Å². The number of nitrogens with one attached hydrogen (secondary N) is 1. The molecule has 138 valence electrons. The Bertz CT molecular complexity index is 646. The molecule has 1 aliphatic rings. The molecule has 2 amide bonds. The van der Waals surface area contributed by atoms with Crippen molar-refractivity contribution in [2.24, 2.45) is 11.8 Å². The number of carbonyl (C=O) groups is 2. The second-order valence-corrected chi connectivity index (χ2v) is 6.56. The Morgan fingerprint density at radius 2 is 2.00 bits per heavy atom. The van der Waals surface area contributed by atoms with E-state index in [0.29, 0.717) is 18.5 Å². The van der Waals surface area contributed by atoms with E-state index in [0.717, 1.165) is 12.1 Å². The van der Waals surface area contributed by atoms with Crippen LogP contribution in [0.2, 0.25) is 0 Å². The van der Waals surface area contributed by atoms with Gasteiger partial charge >= 0.3 is 18.2 Å². The third-order valence-corrected chi connectivity index (χ3v) is 4.34. The number of rotatable bonds is 4. The van der Waals surface area contributed by atoms with E-state index >= 15 is 0 Å². The Morgan fingerprint density at radius 1 is 1.32 bits per heavy atom. The topological polar surface area (TPSA) is 69.6 Å². The number of carbonyl (C=O) groups excluding carboxylic acids is 1. The Hall–Kier alpha value is -2.25. The first-order valence-corrected chi connectivity index (χ1v) is 8.05. The molecule has 5 nitrogen and oxygen atoms in total. The summed E-state index contributed by atoms with van der Waals surface area (Å²) < 4.78 is 38.7. The average molecular weight is 358 g/mol. The molecule has 0 spiro atoms. The normalized spacial score (nSPS) is 19.1. The summed E-state index contributed by atoms with van der Waals surface area (Å²) in [5, 5.41) is 11.7. The average Bonchev–Trinajstić information content (AvgIpc) is 3.01. The Labute approximate surface area is 143 Å². The molecule has 1 fully saturated rings. The van der Waals surface area contributed by atoms with E-state index in [1.54, 1.807) is 19.9 Å². The minimum atomic E-state index is -4.45. The van der Waals surface area contributed by atoms with Gasteiger partial charge in [-0.3, -0.25) is 4.79 Å². The lowest BCUT2D eigenvalue weighted by atomic mass is 9.94. The number of likely N-dealkylation sites (tertiary alicyclic amines) is 1. The van der Waals surface area contributed by atoms with E-state index in [1.807, 2.05) is 0 Å². The second-order valence-electron chi connectivity index (χ2n) is 6.56. The number of aliphatic carboxylic acids is 1. The number of hydrogen-bond acceptors (Lipinski definition) is 2. The third kappa shape index (κ3) is 4.64. The summed E-state index contributed by atoms with van der Waals surface area (Å²) in [6.07, 6.45) is -4.08. The number of hydrogen-bond donors (Lipinski definition) is 2. The van der Waals surface area contributed by atoms with Crippen molar-refractivity contribution in [2.45, 2.75) is 32.5 Å². The van der Waals surface area contributed by atoms with Crippen LogP contribution in [0.1, 0.15) is 37.4 Å². The Kier molecular flexibility index (Phi) is 5.59. The van der Waals surface area contributed by atoms with Crippen LogP contribution in [0.4, 0.5) is 18.0 Å². The highest BCUT2D eigenvalue weighted by Gasteiger charge is 2.34. The van der Waals surface area contributed by atoms with E-state index in [2.05, 4.69) is 5.32 Å². The molecule has 1 aromatic carbocycles. The number of alkyl halides is 3. The van der Waals surface area contributed by atoms with Crippen LogP contribution in [-0.4, -0.2) is 35.1 Å². The van der Waals surface area contributed by atoms with Gasteiger partial charge in [0, 0.05) is 13.1 Å². The van der Waals surface area contributed by atoms with Gasteiger partial charge in [-0.1, -0.05) is 26.0 Å². The van der Waals surface area contributed by atoms with E-state index in [9.17, 15) is 22.8 Å². The first-order chi connectivity index (χ1) is 11.6. The van der Waals surface area contributed by atoms with E-state index in [1.165, 1.54) is 11.0 Å². The minimum Gasteiger partial charge on any atom is -0.481 e. The number of amides is 2. The molecule has 8 heteroatoms. The molecule has 2 rings (SSSR count). The van der Waals surface area contributed by atoms with Crippen LogP contribution in [0.3, 0.4) is 0 Å². The molecule has 1 saturated heterocycles. The van der Waals surface area contributed by atoms with Crippen molar-refractivity contribution in [2.75, 3.05) is 13.1 Å². The molecule has 2 atom stereocenters. The lowest BCUT2D eigenvalue weighted by Gasteiger charge is -2.27. The molecule has 1 aromatic rings. The number of benzene rings is 1. The highest BCUT2D eigenvalue weighted by Crippen LogP contribution is 2.32. The lowest BCUT2D eigenvalue weighted by molar-refractivity contribution is -0.141. The summed E-state index contributed by atoms with van der Waals surface area (Å²) >= 11 is 0. The summed E-state index contributed by atoms with van der Waals surface area (Å²) in [7, 11) is 0. The van der Waals surface area contributed by atoms with Gasteiger partial charge in [-0.25, -0.2) is 4.79 Å². The number of nitrogens with zero attached hydrogens (tertiary/aromatic N) is 1. The largest absolute Gasteiger partial charge is 0.481 e. The van der Waals surface area contributed by atoms with E-state index in [4.69, 9.17) is 5.11 Å². The van der Waals surface area contributed by atoms with Crippen molar-refractivity contribution >= 4 is 12.0 Å². The predicted molar refractivity (Wildman–Crippen MR) is 84.9 cm³/mol. The monoisotopic (exact) mass is 358 g/mol. The zero-order chi connectivity index (χ0) is 18.8. The SMILES string of the molecule is CC(C)C(NC(=O)N1CCC(C(=O)O)C1)c1cccc(C(F)(F)F)c1. The quantitative estimate of drug-likeness (QED) is 0.865. The molecule has 0 saturated carbocycles. The third-order valence-electron chi connectivity index (χ3n) is 4.34. The highest BCUT2D eigenvalue weighted by atomic mass is 19.4. The molecule has 1 aliphatic heterocycles. The lowest BCUT2D eigenvalue weighted by Crippen LogP contribution is -2.42. The fourth-order valence-electron chi connectivity index (χ4n) is 2.91. The van der Waals surface area contributed by atoms with Crippen LogP contribution in [0.15, 0.2) is 24.3 Å². The number of halogens is 3. The molecule has 0 aromatic heterocycles. The smallest absolute Gasteiger partial charge is 0.416 e. The van der Waals surface area contributed by atoms with E-state index in [-0.39, 0.29) is 12.5 Å². The molecule has 2 unspecified atom stereocenters. The van der Waals surface area contributed by atoms with Gasteiger partial charge in [0.05, 0.1) is 17.5 Å². The maximum atomic E-state index is 12.9. The number of carboxylic acid groups (broad SMARTS) is 1. The number of urea groups is 1. The molecule has 2 N–H and O–H groups in total. The van der Waals surface area contributed by atoms with Crippen molar-refractivity contribution in [1.29, 1.82) is 0 Å². The number of carboxylic acids is 1. The fraction of sp³-hybridized carbons (Fsp3) is 0.529. The minimum absolute atomic E-state index is 0.106. The Balaban J connectivity index is 2.14. The maximum absolute atomic E-state index is 12.9. The summed E-state index contributed by atoms with van der Waals surface area (Å²) in [5.41, 5.74) is -0.399. The zero-order valence-corrected chi connectivity index (χ0v) is 14.0. The van der Waals surface area contributed by atoms with Gasteiger partial charge in [0.15, 0.2) is 0 Å². The molecule has 0 radical (unpaired) electrons. The standard InChI is InChI=1S/C17H21F3N2O3/c1-10(2)14(11-4-3-5-13(8-11)17(18,19)20)21-16(25)22-7-6-12(9-22)15(23)24/h3-5,8,10,12,14H,6-7,9H2,1-2H3,(H,21,25)(H,23,24). The second kappa shape index (κ2) is 7.33. The molecular weight excluding hydrogens is 337 g/mol. The summed E-state index contributed by atoms with van der Waals surface area (Å²) in [6, 6.07) is 3.83. The highest BCUT2D eigenvalue weighted by molar-refractivity contribution is 5.77. The van der Waals surface area contributed by atoms with Gasteiger partial charge in [-0.15, -0.1) is 0 Å². The van der Waals surface area contributed by atoms with Crippen molar-refractivity contribution in [3.63, 3.8) is 0 Å².